The Balaban J connectivity index is 0.000000170. The number of nitrogen functional groups attached to an aromatic ring is 2. The summed E-state index contributed by atoms with van der Waals surface area (Å²) in [6.45, 7) is 13.1. The molecule has 0 bridgehead atoms. The van der Waals surface area contributed by atoms with Crippen LogP contribution in [0.3, 0.4) is 0 Å². The fourth-order valence-electron chi connectivity index (χ4n) is 8.33. The van der Waals surface area contributed by atoms with Gasteiger partial charge >= 0.3 is 23.9 Å². The van der Waals surface area contributed by atoms with E-state index in [9.17, 15) is 19.2 Å². The third-order valence-corrected chi connectivity index (χ3v) is 18.3. The third-order valence-electron chi connectivity index (χ3n) is 11.4. The van der Waals surface area contributed by atoms with Crippen molar-refractivity contribution in [3.8, 4) is 34.1 Å². The Hall–Kier alpha value is -6.11. The molecule has 13 nitrogen and oxygen atoms in total. The number of ether oxygens (including phenoxy) is 4. The molecule has 7 N–H and O–H groups in total. The molecule has 8 rings (SSSR count). The maximum atomic E-state index is 11.9. The quantitative estimate of drug-likeness (QED) is 0.0355. The van der Waals surface area contributed by atoms with Gasteiger partial charge in [-0.05, 0) is 166 Å². The van der Waals surface area contributed by atoms with E-state index >= 15 is 0 Å². The monoisotopic (exact) mass is 916 g/mol. The summed E-state index contributed by atoms with van der Waals surface area (Å²) in [5, 5.41) is 0. The summed E-state index contributed by atoms with van der Waals surface area (Å²) >= 11 is 0. The Morgan fingerprint density at radius 2 is 1.09 bits per heavy atom. The van der Waals surface area contributed by atoms with Gasteiger partial charge in [-0.25, -0.2) is 0 Å². The van der Waals surface area contributed by atoms with Crippen molar-refractivity contribution in [3.63, 3.8) is 0 Å². The molecule has 0 amide bonds. The van der Waals surface area contributed by atoms with Crippen LogP contribution in [0.2, 0.25) is 32.2 Å². The van der Waals surface area contributed by atoms with E-state index < -0.39 is 58.4 Å². The lowest BCUT2D eigenvalue weighted by Gasteiger charge is -2.34. The maximum absolute atomic E-state index is 11.9. The molecule has 0 spiro atoms. The Morgan fingerprint density at radius 1 is 0.615 bits per heavy atom. The van der Waals surface area contributed by atoms with Gasteiger partial charge in [0.1, 0.15) is 23.0 Å². The van der Waals surface area contributed by atoms with Gasteiger partial charge < -0.3 is 45.2 Å². The average Bonchev–Trinajstić information content (AvgIpc) is 3.78. The van der Waals surface area contributed by atoms with Crippen LogP contribution >= 0.6 is 0 Å². The van der Waals surface area contributed by atoms with Crippen LogP contribution in [0.4, 0.5) is 11.4 Å². The lowest BCUT2D eigenvalue weighted by atomic mass is 9.67. The van der Waals surface area contributed by atoms with Gasteiger partial charge in [-0.3, -0.25) is 19.2 Å². The average molecular weight is 917 g/mol. The van der Waals surface area contributed by atoms with E-state index in [0.29, 0.717) is 23.4 Å². The number of esters is 4. The van der Waals surface area contributed by atoms with Crippen LogP contribution in [0.5, 0.6) is 23.0 Å². The van der Waals surface area contributed by atoms with Gasteiger partial charge in [-0.1, -0.05) is 55.5 Å². The first-order valence-corrected chi connectivity index (χ1v) is 28.1. The summed E-state index contributed by atoms with van der Waals surface area (Å²) in [7, 11) is -3.13. The van der Waals surface area contributed by atoms with Crippen LogP contribution < -0.4 is 31.7 Å². The summed E-state index contributed by atoms with van der Waals surface area (Å²) in [5.41, 5.74) is 22.1. The minimum atomic E-state index is -1.64. The minimum absolute atomic E-state index is 0.0121. The number of rotatable bonds is 14. The highest BCUT2D eigenvalue weighted by Crippen LogP contribution is 2.50. The zero-order chi connectivity index (χ0) is 46.7. The van der Waals surface area contributed by atoms with E-state index in [1.54, 1.807) is 12.1 Å². The van der Waals surface area contributed by atoms with Crippen LogP contribution in [0.15, 0.2) is 121 Å². The topological polar surface area (TPSA) is 205 Å². The Kier molecular flexibility index (Phi) is 16.2. The van der Waals surface area contributed by atoms with Crippen molar-refractivity contribution in [1.82, 2.24) is 4.98 Å². The highest BCUT2D eigenvalue weighted by atomic mass is 28.4. The summed E-state index contributed by atoms with van der Waals surface area (Å²) in [5.74, 6) is -1.22. The van der Waals surface area contributed by atoms with Crippen LogP contribution in [-0.4, -0.2) is 53.8 Å². The molecule has 0 radical (unpaired) electrons. The molecule has 15 heteroatoms. The van der Waals surface area contributed by atoms with Crippen molar-refractivity contribution in [1.29, 1.82) is 0 Å². The predicted molar refractivity (Wildman–Crippen MR) is 257 cm³/mol. The minimum Gasteiger partial charge on any atom is -0.457 e. The predicted octanol–water partition coefficient (Wildman–Crippen LogP) is 9.41. The van der Waals surface area contributed by atoms with Crippen LogP contribution in [-0.2, 0) is 32.8 Å². The molecule has 5 aromatic carbocycles. The van der Waals surface area contributed by atoms with Crippen molar-refractivity contribution in [2.45, 2.75) is 76.7 Å². The molecule has 0 saturated carbocycles. The van der Waals surface area contributed by atoms with Crippen LogP contribution in [0, 0.1) is 11.8 Å². The molecule has 2 heterocycles. The van der Waals surface area contributed by atoms with Gasteiger partial charge in [0.15, 0.2) is 8.32 Å². The SMILES string of the molecule is CCCN[Si](C)(C)O[Si](C)(C)CCCN.Nc1ccc(Oc2ccc(-c3ccc(Oc4ccc(N)cc4)cc3)cc2)cc1.O=C1CC(C2CC3C(=O)OC(=O)C3c3ccccc32)C(=O)O1. The van der Waals surface area contributed by atoms with Gasteiger partial charge in [0.2, 0.25) is 0 Å². The molecule has 65 heavy (non-hydrogen) atoms. The van der Waals surface area contributed by atoms with Gasteiger partial charge in [0.05, 0.1) is 24.2 Å². The van der Waals surface area contributed by atoms with E-state index in [0.717, 1.165) is 59.2 Å². The highest BCUT2D eigenvalue weighted by Gasteiger charge is 2.53. The number of benzene rings is 5. The number of nitrogens with two attached hydrogens (primary N) is 3. The number of cyclic esters (lactones) is 4. The number of fused-ring (bicyclic) bond motifs is 3. The number of carbonyl (C=O) groups excluding carboxylic acids is 4. The second kappa shape index (κ2) is 21.7. The van der Waals surface area contributed by atoms with Crippen molar-refractivity contribution >= 4 is 52.0 Å². The molecule has 0 aromatic heterocycles. The van der Waals surface area contributed by atoms with E-state index in [4.69, 9.17) is 35.5 Å². The second-order valence-corrected chi connectivity index (χ2v) is 25.7. The van der Waals surface area contributed by atoms with Crippen molar-refractivity contribution in [2.24, 2.45) is 17.6 Å². The normalized spacial score (nSPS) is 18.8. The van der Waals surface area contributed by atoms with Gasteiger partial charge in [0.25, 0.3) is 8.48 Å². The number of anilines is 2. The summed E-state index contributed by atoms with van der Waals surface area (Å²) < 4.78 is 27.4. The van der Waals surface area contributed by atoms with Crippen molar-refractivity contribution in [2.75, 3.05) is 24.6 Å². The first kappa shape index (κ1) is 48.4. The smallest absolute Gasteiger partial charge is 0.321 e. The molecule has 4 unspecified atom stereocenters. The molecule has 2 fully saturated rings. The molecule has 2 aliphatic heterocycles. The second-order valence-electron chi connectivity index (χ2n) is 17.5. The fourth-order valence-corrected chi connectivity index (χ4v) is 16.5. The zero-order valence-corrected chi connectivity index (χ0v) is 39.7. The van der Waals surface area contributed by atoms with E-state index in [1.807, 2.05) is 109 Å². The standard InChI is InChI=1S/C24H20N2O2.C16H12O6.C10H28N2OSi2/c25-19-5-13-23(14-6-19)27-21-9-1-17(2-10-21)18-3-11-22(12-4-18)28-24-15-7-20(26)8-16-24;17-12-6-10(14(18)21-12)9-5-11-13(16(20)22-15(11)19)8-4-2-1-3-7(8)9;1-6-9-12-15(4,5)13-14(2,3)10-7-8-11/h1-16H,25-26H2;1-4,9-11,13H,5-6H2;12H,6-11H2,1-5H3. The summed E-state index contributed by atoms with van der Waals surface area (Å²) in [4.78, 5) is 50.7. The van der Waals surface area contributed by atoms with Gasteiger partial charge in [0, 0.05) is 11.4 Å². The van der Waals surface area contributed by atoms with Crippen LogP contribution in [0.1, 0.15) is 55.6 Å². The fraction of sp³-hybridized carbons (Fsp3) is 0.320. The molecular formula is C50H60N4O9Si2. The number of hydrogen-bond donors (Lipinski definition) is 4. The van der Waals surface area contributed by atoms with Gasteiger partial charge in [-0.2, -0.15) is 0 Å². The van der Waals surface area contributed by atoms with E-state index in [-0.39, 0.29) is 12.3 Å². The Bertz CT molecular complexity index is 2300. The first-order valence-electron chi connectivity index (χ1n) is 22.1. The summed E-state index contributed by atoms with van der Waals surface area (Å²) in [6, 6.07) is 39.0. The van der Waals surface area contributed by atoms with E-state index in [2.05, 4.69) is 42.8 Å². The molecule has 342 valence electrons. The van der Waals surface area contributed by atoms with E-state index in [1.165, 1.54) is 12.5 Å². The molecule has 5 aromatic rings. The van der Waals surface area contributed by atoms with Crippen LogP contribution in [0.25, 0.3) is 11.1 Å². The lowest BCUT2D eigenvalue weighted by Crippen LogP contribution is -2.54. The largest absolute Gasteiger partial charge is 0.457 e. The lowest BCUT2D eigenvalue weighted by molar-refractivity contribution is -0.155. The first-order chi connectivity index (χ1) is 31.0. The third kappa shape index (κ3) is 13.2. The highest BCUT2D eigenvalue weighted by molar-refractivity contribution is 6.83. The maximum Gasteiger partial charge on any atom is 0.321 e. The summed E-state index contributed by atoms with van der Waals surface area (Å²) in [6.07, 6.45) is 2.60. The molecule has 1 aliphatic carbocycles. The van der Waals surface area contributed by atoms with Gasteiger partial charge in [-0.15, -0.1) is 0 Å². The molecule has 4 atom stereocenters. The molecule has 3 aliphatic rings. The van der Waals surface area contributed by atoms with Crippen molar-refractivity contribution < 1.29 is 42.2 Å². The number of nitrogens with one attached hydrogen (secondary N) is 1. The molecule has 2 saturated heterocycles. The Morgan fingerprint density at radius 3 is 1.55 bits per heavy atom. The number of hydrogen-bond acceptors (Lipinski definition) is 13. The Labute approximate surface area is 383 Å². The number of carbonyl (C=O) groups is 4. The molecular weight excluding hydrogens is 857 g/mol. The van der Waals surface area contributed by atoms with Crippen molar-refractivity contribution in [3.05, 3.63) is 132 Å². The zero-order valence-electron chi connectivity index (χ0n) is 37.7.